The molecule has 3 aromatic rings. The van der Waals surface area contributed by atoms with Gasteiger partial charge < -0.3 is 19.7 Å². The van der Waals surface area contributed by atoms with E-state index in [9.17, 15) is 20.1 Å². The molecular weight excluding hydrogens is 331 g/mol. The largest absolute Gasteiger partial charge is 0.504 e. The van der Waals surface area contributed by atoms with Crippen LogP contribution in [0.5, 0.6) is 17.2 Å². The van der Waals surface area contributed by atoms with Crippen molar-refractivity contribution in [3.05, 3.63) is 50.6 Å². The molecule has 5 nitrogen and oxygen atoms in total. The molecule has 112 valence electrons. The number of hydrogen-bond acceptors (Lipinski definition) is 5. The van der Waals surface area contributed by atoms with Gasteiger partial charge in [-0.1, -0.05) is 23.2 Å². The number of benzene rings is 2. The van der Waals surface area contributed by atoms with Gasteiger partial charge in [0.25, 0.3) is 0 Å². The maximum Gasteiger partial charge on any atom is 0.235 e. The van der Waals surface area contributed by atoms with E-state index in [4.69, 9.17) is 27.6 Å². The molecule has 0 bridgehead atoms. The van der Waals surface area contributed by atoms with Gasteiger partial charge in [-0.3, -0.25) is 4.79 Å². The lowest BCUT2D eigenvalue weighted by atomic mass is 10.1. The highest BCUT2D eigenvalue weighted by molar-refractivity contribution is 6.38. The minimum Gasteiger partial charge on any atom is -0.504 e. The van der Waals surface area contributed by atoms with E-state index < -0.39 is 16.9 Å². The van der Waals surface area contributed by atoms with Crippen LogP contribution in [0, 0.1) is 0 Å². The molecule has 0 aliphatic heterocycles. The van der Waals surface area contributed by atoms with E-state index in [-0.39, 0.29) is 38.1 Å². The van der Waals surface area contributed by atoms with Crippen molar-refractivity contribution in [1.82, 2.24) is 0 Å². The summed E-state index contributed by atoms with van der Waals surface area (Å²) in [6.45, 7) is 0. The van der Waals surface area contributed by atoms with E-state index in [2.05, 4.69) is 0 Å². The van der Waals surface area contributed by atoms with E-state index in [1.165, 1.54) is 24.3 Å². The van der Waals surface area contributed by atoms with Crippen molar-refractivity contribution in [2.45, 2.75) is 0 Å². The van der Waals surface area contributed by atoms with Gasteiger partial charge >= 0.3 is 0 Å². The van der Waals surface area contributed by atoms with Crippen LogP contribution in [-0.2, 0) is 0 Å². The fourth-order valence-electron chi connectivity index (χ4n) is 2.07. The molecule has 0 atom stereocenters. The van der Waals surface area contributed by atoms with Crippen LogP contribution in [0.4, 0.5) is 0 Å². The van der Waals surface area contributed by atoms with Gasteiger partial charge in [-0.25, -0.2) is 0 Å². The molecule has 1 aromatic heterocycles. The summed E-state index contributed by atoms with van der Waals surface area (Å²) >= 11 is 11.9. The molecule has 0 saturated heterocycles. The highest BCUT2D eigenvalue weighted by Crippen LogP contribution is 2.37. The predicted octanol–water partition coefficient (Wildman–Crippen LogP) is 3.88. The summed E-state index contributed by atoms with van der Waals surface area (Å²) in [7, 11) is 0. The lowest BCUT2D eigenvalue weighted by Crippen LogP contribution is -2.03. The molecule has 0 radical (unpaired) electrons. The Morgan fingerprint density at radius 3 is 2.36 bits per heavy atom. The van der Waals surface area contributed by atoms with Gasteiger partial charge in [0.2, 0.25) is 11.2 Å². The molecule has 0 fully saturated rings. The van der Waals surface area contributed by atoms with Crippen molar-refractivity contribution in [1.29, 1.82) is 0 Å². The van der Waals surface area contributed by atoms with Crippen molar-refractivity contribution in [3.63, 3.8) is 0 Å². The summed E-state index contributed by atoms with van der Waals surface area (Å²) in [6, 6.07) is 6.49. The number of aromatic hydroxyl groups is 3. The van der Waals surface area contributed by atoms with Gasteiger partial charge in [-0.15, -0.1) is 0 Å². The minimum absolute atomic E-state index is 0.0433. The van der Waals surface area contributed by atoms with Crippen LogP contribution < -0.4 is 5.43 Å². The summed E-state index contributed by atoms with van der Waals surface area (Å²) in [5, 5.41) is 29.3. The van der Waals surface area contributed by atoms with Crippen LogP contribution in [0.15, 0.2) is 39.5 Å². The first-order valence-electron chi connectivity index (χ1n) is 6.05. The monoisotopic (exact) mass is 338 g/mol. The second-order valence-corrected chi connectivity index (χ2v) is 5.42. The third kappa shape index (κ3) is 2.24. The maximum atomic E-state index is 12.2. The van der Waals surface area contributed by atoms with Gasteiger partial charge in [-0.2, -0.15) is 0 Å². The van der Waals surface area contributed by atoms with Crippen molar-refractivity contribution in [2.75, 3.05) is 0 Å². The van der Waals surface area contributed by atoms with Crippen LogP contribution in [0.3, 0.4) is 0 Å². The summed E-state index contributed by atoms with van der Waals surface area (Å²) in [6.07, 6.45) is 0. The summed E-state index contributed by atoms with van der Waals surface area (Å²) in [5.41, 5.74) is -0.428. The maximum absolute atomic E-state index is 12.2. The molecule has 7 heteroatoms. The smallest absolute Gasteiger partial charge is 0.235 e. The van der Waals surface area contributed by atoms with E-state index in [0.717, 1.165) is 6.07 Å². The lowest BCUT2D eigenvalue weighted by Gasteiger charge is -2.08. The first-order valence-corrected chi connectivity index (χ1v) is 6.81. The molecule has 22 heavy (non-hydrogen) atoms. The van der Waals surface area contributed by atoms with Gasteiger partial charge in [0.05, 0.1) is 10.4 Å². The van der Waals surface area contributed by atoms with Crippen LogP contribution in [0.1, 0.15) is 0 Å². The Morgan fingerprint density at radius 2 is 1.68 bits per heavy atom. The quantitative estimate of drug-likeness (QED) is 0.585. The normalized spacial score (nSPS) is 11.0. The van der Waals surface area contributed by atoms with E-state index in [1.807, 2.05) is 0 Å². The second kappa shape index (κ2) is 5.12. The Morgan fingerprint density at radius 1 is 0.955 bits per heavy atom. The zero-order valence-corrected chi connectivity index (χ0v) is 12.3. The molecule has 0 amide bonds. The molecule has 0 aliphatic rings. The molecule has 1 heterocycles. The highest BCUT2D eigenvalue weighted by atomic mass is 35.5. The third-order valence-electron chi connectivity index (χ3n) is 3.12. The third-order valence-corrected chi connectivity index (χ3v) is 3.62. The minimum atomic E-state index is -0.701. The van der Waals surface area contributed by atoms with Gasteiger partial charge in [0.15, 0.2) is 22.8 Å². The van der Waals surface area contributed by atoms with Crippen molar-refractivity contribution in [2.24, 2.45) is 0 Å². The highest BCUT2D eigenvalue weighted by Gasteiger charge is 2.18. The Bertz CT molecular complexity index is 962. The average molecular weight is 339 g/mol. The van der Waals surface area contributed by atoms with Crippen LogP contribution in [-0.4, -0.2) is 15.3 Å². The summed E-state index contributed by atoms with van der Waals surface area (Å²) in [5.74, 6) is -1.56. The topological polar surface area (TPSA) is 90.9 Å². The molecule has 0 unspecified atom stereocenters. The van der Waals surface area contributed by atoms with Gasteiger partial charge in [0, 0.05) is 10.6 Å². The molecule has 3 N–H and O–H groups in total. The van der Waals surface area contributed by atoms with Crippen molar-refractivity contribution >= 4 is 34.2 Å². The number of phenolic OH excluding ortho intramolecular Hbond substituents is 2. The Kier molecular flexibility index (Phi) is 3.39. The van der Waals surface area contributed by atoms with Gasteiger partial charge in [0.1, 0.15) is 0 Å². The predicted molar refractivity (Wildman–Crippen MR) is 82.9 cm³/mol. The van der Waals surface area contributed by atoms with Crippen LogP contribution >= 0.6 is 23.2 Å². The molecule has 0 aliphatic carbocycles. The standard InChI is InChI=1S/C15H8Cl2O5/c16-7-4-8-12(20)13(21)14(22-15(8)9(17)5-7)6-1-2-10(18)11(19)3-6/h1-5,18-19,21H. The lowest BCUT2D eigenvalue weighted by molar-refractivity contribution is 0.403. The fourth-order valence-corrected chi connectivity index (χ4v) is 2.61. The molecule has 0 saturated carbocycles. The Hall–Kier alpha value is -2.37. The molecule has 0 spiro atoms. The molecule has 2 aromatic carbocycles. The van der Waals surface area contributed by atoms with Crippen molar-refractivity contribution < 1.29 is 19.7 Å². The summed E-state index contributed by atoms with van der Waals surface area (Å²) < 4.78 is 5.51. The van der Waals surface area contributed by atoms with Crippen LogP contribution in [0.2, 0.25) is 10.0 Å². The molecule has 3 rings (SSSR count). The number of halogens is 2. The van der Waals surface area contributed by atoms with E-state index >= 15 is 0 Å². The Balaban J connectivity index is 2.38. The number of phenols is 2. The molecular formula is C15H8Cl2O5. The van der Waals surface area contributed by atoms with E-state index in [1.54, 1.807) is 0 Å². The number of fused-ring (bicyclic) bond motifs is 1. The first-order chi connectivity index (χ1) is 10.4. The zero-order chi connectivity index (χ0) is 16.0. The second-order valence-electron chi connectivity index (χ2n) is 4.58. The zero-order valence-electron chi connectivity index (χ0n) is 10.8. The first kappa shape index (κ1) is 14.6. The average Bonchev–Trinajstić information content (AvgIpc) is 2.46. The number of hydrogen-bond donors (Lipinski definition) is 3. The fraction of sp³-hybridized carbons (Fsp3) is 0. The van der Waals surface area contributed by atoms with E-state index in [0.29, 0.717) is 0 Å². The number of rotatable bonds is 1. The summed E-state index contributed by atoms with van der Waals surface area (Å²) in [4.78, 5) is 12.2. The SMILES string of the molecule is O=c1c(O)c(-c2ccc(O)c(O)c2)oc2c(Cl)cc(Cl)cc12. The van der Waals surface area contributed by atoms with Crippen LogP contribution in [0.25, 0.3) is 22.3 Å². The van der Waals surface area contributed by atoms with Crippen molar-refractivity contribution in [3.8, 4) is 28.6 Å². The van der Waals surface area contributed by atoms with Gasteiger partial charge in [-0.05, 0) is 30.3 Å². The Labute approximate surface area is 133 Å².